The number of carbonyl (C=O) groups excluding carboxylic acids is 1. The van der Waals surface area contributed by atoms with Crippen LogP contribution in [0.5, 0.6) is 11.5 Å². The summed E-state index contributed by atoms with van der Waals surface area (Å²) >= 11 is 6.21. The van der Waals surface area contributed by atoms with Crippen LogP contribution in [-0.4, -0.2) is 27.6 Å². The third kappa shape index (κ3) is 6.09. The second-order valence-corrected chi connectivity index (χ2v) is 8.78. The van der Waals surface area contributed by atoms with E-state index in [9.17, 15) is 13.2 Å². The Morgan fingerprint density at radius 1 is 1.09 bits per heavy atom. The number of benzene rings is 3. The Morgan fingerprint density at radius 2 is 1.81 bits per heavy atom. The Hall–Kier alpha value is -3.36. The Morgan fingerprint density at radius 3 is 2.53 bits per heavy atom. The van der Waals surface area contributed by atoms with Crippen LogP contribution in [0, 0.1) is 6.92 Å². The van der Waals surface area contributed by atoms with Crippen molar-refractivity contribution in [3.05, 3.63) is 88.4 Å². The molecule has 3 aromatic carbocycles. The summed E-state index contributed by atoms with van der Waals surface area (Å²) in [5, 5.41) is 4.12. The average molecular weight is 473 g/mol. The van der Waals surface area contributed by atoms with Gasteiger partial charge in [-0.2, -0.15) is 13.5 Å². The SMILES string of the molecule is COc1cccc(CC(=O)N/N=C\c2c(Cl)cccc2OS(=O)(=O)c2ccc(C)cc2)c1. The zero-order chi connectivity index (χ0) is 23.1. The predicted octanol–water partition coefficient (Wildman–Crippen LogP) is 4.12. The van der Waals surface area contributed by atoms with Gasteiger partial charge in [0.1, 0.15) is 10.6 Å². The van der Waals surface area contributed by atoms with Gasteiger partial charge in [0, 0.05) is 0 Å². The lowest BCUT2D eigenvalue weighted by atomic mass is 10.1. The summed E-state index contributed by atoms with van der Waals surface area (Å²) in [4.78, 5) is 12.2. The van der Waals surface area contributed by atoms with Crippen LogP contribution >= 0.6 is 11.6 Å². The Balaban J connectivity index is 1.73. The summed E-state index contributed by atoms with van der Waals surface area (Å²) in [5.41, 5.74) is 4.29. The van der Waals surface area contributed by atoms with E-state index in [0.29, 0.717) is 5.75 Å². The van der Waals surface area contributed by atoms with E-state index in [0.717, 1.165) is 11.1 Å². The highest BCUT2D eigenvalue weighted by Crippen LogP contribution is 2.27. The molecule has 0 saturated carbocycles. The lowest BCUT2D eigenvalue weighted by molar-refractivity contribution is -0.120. The van der Waals surface area contributed by atoms with Gasteiger partial charge in [0.25, 0.3) is 0 Å². The second-order valence-electron chi connectivity index (χ2n) is 6.82. The normalized spacial score (nSPS) is 11.3. The molecule has 0 spiro atoms. The number of halogens is 1. The molecule has 0 fully saturated rings. The van der Waals surface area contributed by atoms with Gasteiger partial charge in [-0.25, -0.2) is 5.43 Å². The lowest BCUT2D eigenvalue weighted by Crippen LogP contribution is -2.20. The monoisotopic (exact) mass is 472 g/mol. The van der Waals surface area contributed by atoms with E-state index in [1.54, 1.807) is 55.6 Å². The number of ether oxygens (including phenoxy) is 1. The molecule has 9 heteroatoms. The molecule has 3 aromatic rings. The molecule has 0 saturated heterocycles. The van der Waals surface area contributed by atoms with Gasteiger partial charge in [0.05, 0.1) is 30.3 Å². The largest absolute Gasteiger partial charge is 0.497 e. The molecular formula is C23H21ClN2O5S. The van der Waals surface area contributed by atoms with Crippen molar-refractivity contribution in [1.82, 2.24) is 5.43 Å². The molecule has 7 nitrogen and oxygen atoms in total. The van der Waals surface area contributed by atoms with Gasteiger partial charge in [0.2, 0.25) is 5.91 Å². The number of aryl methyl sites for hydroxylation is 1. The number of amides is 1. The molecule has 1 amide bonds. The van der Waals surface area contributed by atoms with Crippen LogP contribution in [0.1, 0.15) is 16.7 Å². The maximum atomic E-state index is 12.6. The maximum Gasteiger partial charge on any atom is 0.339 e. The van der Waals surface area contributed by atoms with Crippen molar-refractivity contribution in [1.29, 1.82) is 0 Å². The van der Waals surface area contributed by atoms with Crippen LogP contribution in [0.25, 0.3) is 0 Å². The van der Waals surface area contributed by atoms with Gasteiger partial charge >= 0.3 is 10.1 Å². The molecule has 0 atom stereocenters. The summed E-state index contributed by atoms with van der Waals surface area (Å²) in [7, 11) is -2.53. The van der Waals surface area contributed by atoms with Crippen molar-refractivity contribution in [3.8, 4) is 11.5 Å². The van der Waals surface area contributed by atoms with E-state index in [4.69, 9.17) is 20.5 Å². The molecule has 0 aliphatic carbocycles. The summed E-state index contributed by atoms with van der Waals surface area (Å²) in [5.74, 6) is 0.270. The topological polar surface area (TPSA) is 94.1 Å². The molecular weight excluding hydrogens is 452 g/mol. The van der Waals surface area contributed by atoms with Gasteiger partial charge in [-0.15, -0.1) is 0 Å². The Bertz CT molecular complexity index is 1240. The molecule has 3 rings (SSSR count). The fourth-order valence-electron chi connectivity index (χ4n) is 2.76. The standard InChI is InChI=1S/C23H21ClN2O5S/c1-16-9-11-19(12-10-16)32(28,29)31-22-8-4-7-21(24)20(22)15-25-26-23(27)14-17-5-3-6-18(13-17)30-2/h3-13,15H,14H2,1-2H3,(H,26,27)/b25-15-. The van der Waals surface area contributed by atoms with Gasteiger partial charge in [-0.05, 0) is 48.9 Å². The molecule has 0 radical (unpaired) electrons. The number of hydrazone groups is 1. The van der Waals surface area contributed by atoms with E-state index in [1.807, 2.05) is 6.92 Å². The molecule has 0 unspecified atom stereocenters. The zero-order valence-electron chi connectivity index (χ0n) is 17.4. The summed E-state index contributed by atoms with van der Waals surface area (Å²) in [6.45, 7) is 1.85. The molecule has 0 bridgehead atoms. The highest BCUT2D eigenvalue weighted by atomic mass is 35.5. The molecule has 0 heterocycles. The van der Waals surface area contributed by atoms with Crippen molar-refractivity contribution in [2.45, 2.75) is 18.2 Å². The van der Waals surface area contributed by atoms with Gasteiger partial charge in [-0.3, -0.25) is 4.79 Å². The summed E-state index contributed by atoms with van der Waals surface area (Å²) in [6.07, 6.45) is 1.33. The number of rotatable bonds is 8. The lowest BCUT2D eigenvalue weighted by Gasteiger charge is -2.10. The molecule has 0 aliphatic rings. The van der Waals surface area contributed by atoms with Crippen molar-refractivity contribution < 1.29 is 22.1 Å². The van der Waals surface area contributed by atoms with Crippen molar-refractivity contribution in [3.63, 3.8) is 0 Å². The smallest absolute Gasteiger partial charge is 0.339 e. The molecule has 1 N–H and O–H groups in total. The summed E-state index contributed by atoms with van der Waals surface area (Å²) < 4.78 is 35.7. The molecule has 0 aliphatic heterocycles. The molecule has 166 valence electrons. The van der Waals surface area contributed by atoms with E-state index >= 15 is 0 Å². The van der Waals surface area contributed by atoms with E-state index in [2.05, 4.69) is 10.5 Å². The third-order valence-corrected chi connectivity index (χ3v) is 5.98. The first-order chi connectivity index (χ1) is 15.3. The van der Waals surface area contributed by atoms with Crippen molar-refractivity contribution in [2.24, 2.45) is 5.10 Å². The number of hydrogen-bond donors (Lipinski definition) is 1. The fourth-order valence-corrected chi connectivity index (χ4v) is 3.92. The zero-order valence-corrected chi connectivity index (χ0v) is 19.0. The van der Waals surface area contributed by atoms with Crippen molar-refractivity contribution in [2.75, 3.05) is 7.11 Å². The Kier molecular flexibility index (Phi) is 7.50. The minimum Gasteiger partial charge on any atom is -0.497 e. The predicted molar refractivity (Wildman–Crippen MR) is 123 cm³/mol. The minimum atomic E-state index is -4.08. The van der Waals surface area contributed by atoms with Crippen LogP contribution in [-0.2, 0) is 21.3 Å². The number of nitrogens with one attached hydrogen (secondary N) is 1. The van der Waals surface area contributed by atoms with Gasteiger partial charge in [0.15, 0.2) is 5.75 Å². The second kappa shape index (κ2) is 10.3. The van der Waals surface area contributed by atoms with Gasteiger partial charge < -0.3 is 8.92 Å². The van der Waals surface area contributed by atoms with Crippen LogP contribution in [0.3, 0.4) is 0 Å². The highest BCUT2D eigenvalue weighted by molar-refractivity contribution is 7.87. The average Bonchev–Trinajstić information content (AvgIpc) is 2.76. The number of nitrogens with zero attached hydrogens (tertiary/aromatic N) is 1. The van der Waals surface area contributed by atoms with Gasteiger partial charge in [-0.1, -0.05) is 47.5 Å². The minimum absolute atomic E-state index is 0.0103. The quantitative estimate of drug-likeness (QED) is 0.302. The first-order valence-electron chi connectivity index (χ1n) is 9.53. The Labute approximate surface area is 191 Å². The molecule has 32 heavy (non-hydrogen) atoms. The van der Waals surface area contributed by atoms with Crippen LogP contribution in [0.4, 0.5) is 0 Å². The highest BCUT2D eigenvalue weighted by Gasteiger charge is 2.19. The fraction of sp³-hybridized carbons (Fsp3) is 0.130. The summed E-state index contributed by atoms with van der Waals surface area (Å²) in [6, 6.07) is 18.0. The maximum absolute atomic E-state index is 12.6. The van der Waals surface area contributed by atoms with Crippen LogP contribution in [0.2, 0.25) is 5.02 Å². The number of hydrogen-bond acceptors (Lipinski definition) is 6. The number of methoxy groups -OCH3 is 1. The first kappa shape index (κ1) is 23.3. The van der Waals surface area contributed by atoms with E-state index < -0.39 is 10.1 Å². The molecule has 0 aromatic heterocycles. The van der Waals surface area contributed by atoms with E-state index in [-0.39, 0.29) is 33.6 Å². The number of carbonyl (C=O) groups is 1. The third-order valence-electron chi connectivity index (χ3n) is 4.40. The van der Waals surface area contributed by atoms with E-state index in [1.165, 1.54) is 24.4 Å². The van der Waals surface area contributed by atoms with Crippen molar-refractivity contribution >= 4 is 33.8 Å². The van der Waals surface area contributed by atoms with Crippen LogP contribution < -0.4 is 14.3 Å². The van der Waals surface area contributed by atoms with Crippen LogP contribution in [0.15, 0.2) is 76.7 Å². The first-order valence-corrected chi connectivity index (χ1v) is 11.3.